The minimum absolute atomic E-state index is 0.118. The van der Waals surface area contributed by atoms with E-state index >= 15 is 0 Å². The van der Waals surface area contributed by atoms with Crippen molar-refractivity contribution in [1.29, 1.82) is 0 Å². The Morgan fingerprint density at radius 1 is 1.07 bits per heavy atom. The van der Waals surface area contributed by atoms with Gasteiger partial charge in [-0.25, -0.2) is 0 Å². The fourth-order valence-corrected chi connectivity index (χ4v) is 1.11. The molecule has 1 rings (SSSR count). The summed E-state index contributed by atoms with van der Waals surface area (Å²) in [5.74, 6) is -0.414. The average Bonchev–Trinajstić information content (AvgIpc) is 2.04. The molecule has 4 heteroatoms. The molecule has 0 radical (unpaired) electrons. The Balaban J connectivity index is 0.000000791. The molecule has 0 bridgehead atoms. The van der Waals surface area contributed by atoms with Crippen LogP contribution in [0.2, 0.25) is 0 Å². The zero-order valence-electron chi connectivity index (χ0n) is 9.68. The molecule has 4 nitrogen and oxygen atoms in total. The van der Waals surface area contributed by atoms with Crippen LogP contribution in [0.1, 0.15) is 34.6 Å². The number of rotatable bonds is 0. The number of carbonyl (C=O) groups excluding carboxylic acids is 2. The van der Waals surface area contributed by atoms with Crippen molar-refractivity contribution in [1.82, 2.24) is 10.2 Å². The summed E-state index contributed by atoms with van der Waals surface area (Å²) >= 11 is 0. The van der Waals surface area contributed by atoms with E-state index in [1.807, 2.05) is 39.5 Å². The van der Waals surface area contributed by atoms with E-state index < -0.39 is 0 Å². The maximum atomic E-state index is 11.0. The largest absolute Gasteiger partial charge is 0.294 e. The quantitative estimate of drug-likeness (QED) is 0.588. The number of imide groups is 1. The van der Waals surface area contributed by atoms with E-state index in [0.717, 1.165) is 0 Å². The number of piperazine rings is 1. The number of amides is 2. The molecule has 1 fully saturated rings. The molecular weight excluding hydrogens is 180 g/mol. The van der Waals surface area contributed by atoms with Crippen LogP contribution in [0, 0.1) is 0 Å². The van der Waals surface area contributed by atoms with E-state index in [0.29, 0.717) is 13.1 Å². The van der Waals surface area contributed by atoms with Crippen LogP contribution in [0.25, 0.3) is 0 Å². The molecule has 1 aliphatic heterocycles. The van der Waals surface area contributed by atoms with Gasteiger partial charge in [0.15, 0.2) is 0 Å². The highest BCUT2D eigenvalue weighted by Crippen LogP contribution is 2.13. The fraction of sp³-hybridized carbons (Fsp3) is 0.800. The zero-order valence-corrected chi connectivity index (χ0v) is 9.68. The molecule has 0 aromatic carbocycles. The van der Waals surface area contributed by atoms with Gasteiger partial charge in [0.1, 0.15) is 0 Å². The molecule has 0 aromatic heterocycles. The van der Waals surface area contributed by atoms with Gasteiger partial charge < -0.3 is 0 Å². The minimum Gasteiger partial charge on any atom is -0.294 e. The second-order valence-electron chi connectivity index (χ2n) is 4.00. The molecule has 82 valence electrons. The topological polar surface area (TPSA) is 49.4 Å². The van der Waals surface area contributed by atoms with Gasteiger partial charge >= 0.3 is 0 Å². The summed E-state index contributed by atoms with van der Waals surface area (Å²) in [6.45, 7) is 10.6. The van der Waals surface area contributed by atoms with Crippen LogP contribution >= 0.6 is 0 Å². The molecule has 2 amide bonds. The van der Waals surface area contributed by atoms with Crippen LogP contribution in [0.5, 0.6) is 0 Å². The lowest BCUT2D eigenvalue weighted by molar-refractivity contribution is -0.138. The monoisotopic (exact) mass is 200 g/mol. The van der Waals surface area contributed by atoms with Gasteiger partial charge in [0.05, 0.1) is 13.1 Å². The third-order valence-electron chi connectivity index (χ3n) is 1.90. The van der Waals surface area contributed by atoms with Crippen molar-refractivity contribution in [2.24, 2.45) is 0 Å². The molecule has 1 N–H and O–H groups in total. The van der Waals surface area contributed by atoms with E-state index in [-0.39, 0.29) is 17.4 Å². The van der Waals surface area contributed by atoms with Gasteiger partial charge in [0.25, 0.3) is 0 Å². The standard InChI is InChI=1S/C8H14N2O2.C2H6/c1-8(2,3)10-4-6(11)9-7(12)5-10;1-2/h4-5H2,1-3H3,(H,9,11,12);1-2H3. The zero-order chi connectivity index (χ0) is 11.4. The summed E-state index contributed by atoms with van der Waals surface area (Å²) < 4.78 is 0. The minimum atomic E-state index is -0.207. The molecule has 1 aliphatic rings. The van der Waals surface area contributed by atoms with Gasteiger partial charge in [-0.2, -0.15) is 0 Å². The van der Waals surface area contributed by atoms with E-state index in [4.69, 9.17) is 0 Å². The Labute approximate surface area is 85.7 Å². The van der Waals surface area contributed by atoms with Crippen molar-refractivity contribution >= 4 is 11.8 Å². The third-order valence-corrected chi connectivity index (χ3v) is 1.90. The summed E-state index contributed by atoms with van der Waals surface area (Å²) in [4.78, 5) is 23.8. The van der Waals surface area contributed by atoms with Crippen LogP contribution in [-0.2, 0) is 9.59 Å². The molecule has 0 atom stereocenters. The number of nitrogens with zero attached hydrogens (tertiary/aromatic N) is 1. The Kier molecular flexibility index (Phi) is 4.77. The third kappa shape index (κ3) is 3.87. The molecule has 0 aromatic rings. The first kappa shape index (κ1) is 13.1. The Bertz CT molecular complexity index is 203. The SMILES string of the molecule is CC.CC(C)(C)N1CC(=O)NC(=O)C1. The summed E-state index contributed by atoms with van der Waals surface area (Å²) in [7, 11) is 0. The lowest BCUT2D eigenvalue weighted by atomic mass is 10.1. The normalized spacial score (nSPS) is 18.4. The maximum absolute atomic E-state index is 11.0. The smallest absolute Gasteiger partial charge is 0.240 e. The molecule has 0 unspecified atom stereocenters. The van der Waals surface area contributed by atoms with Crippen molar-refractivity contribution in [3.8, 4) is 0 Å². The van der Waals surface area contributed by atoms with E-state index in [2.05, 4.69) is 5.32 Å². The highest BCUT2D eigenvalue weighted by Gasteiger charge is 2.30. The van der Waals surface area contributed by atoms with E-state index in [1.165, 1.54) is 0 Å². The number of hydrogen-bond acceptors (Lipinski definition) is 3. The molecule has 14 heavy (non-hydrogen) atoms. The van der Waals surface area contributed by atoms with Crippen molar-refractivity contribution < 1.29 is 9.59 Å². The molecule has 0 aliphatic carbocycles. The van der Waals surface area contributed by atoms with Gasteiger partial charge in [0, 0.05) is 5.54 Å². The fourth-order valence-electron chi connectivity index (χ4n) is 1.11. The van der Waals surface area contributed by atoms with Gasteiger partial charge in [-0.1, -0.05) is 13.8 Å². The average molecular weight is 200 g/mol. The van der Waals surface area contributed by atoms with Crippen molar-refractivity contribution in [3.05, 3.63) is 0 Å². The van der Waals surface area contributed by atoms with Crippen LogP contribution in [0.15, 0.2) is 0 Å². The van der Waals surface area contributed by atoms with Gasteiger partial charge in [0.2, 0.25) is 11.8 Å². The molecular formula is C10H20N2O2. The summed E-state index contributed by atoms with van der Waals surface area (Å²) in [6.07, 6.45) is 0. The first-order valence-corrected chi connectivity index (χ1v) is 4.97. The van der Waals surface area contributed by atoms with E-state index in [1.54, 1.807) is 0 Å². The Hall–Kier alpha value is -0.900. The summed E-state index contributed by atoms with van der Waals surface area (Å²) in [6, 6.07) is 0. The van der Waals surface area contributed by atoms with Crippen LogP contribution < -0.4 is 5.32 Å². The Morgan fingerprint density at radius 3 is 1.71 bits per heavy atom. The van der Waals surface area contributed by atoms with Crippen molar-refractivity contribution in [3.63, 3.8) is 0 Å². The van der Waals surface area contributed by atoms with Crippen LogP contribution in [-0.4, -0.2) is 35.3 Å². The predicted octanol–water partition coefficient (Wildman–Crippen LogP) is 0.769. The van der Waals surface area contributed by atoms with Gasteiger partial charge in [-0.05, 0) is 20.8 Å². The molecule has 1 saturated heterocycles. The second-order valence-corrected chi connectivity index (χ2v) is 4.00. The van der Waals surface area contributed by atoms with Gasteiger partial charge in [-0.3, -0.25) is 19.8 Å². The number of carbonyl (C=O) groups is 2. The number of nitrogens with one attached hydrogen (secondary N) is 1. The van der Waals surface area contributed by atoms with Crippen LogP contribution in [0.3, 0.4) is 0 Å². The molecule has 0 spiro atoms. The van der Waals surface area contributed by atoms with Crippen LogP contribution in [0.4, 0.5) is 0 Å². The maximum Gasteiger partial charge on any atom is 0.240 e. The predicted molar refractivity (Wildman–Crippen MR) is 55.8 cm³/mol. The molecule has 0 saturated carbocycles. The lowest BCUT2D eigenvalue weighted by Gasteiger charge is -2.36. The van der Waals surface area contributed by atoms with Crippen molar-refractivity contribution in [2.75, 3.05) is 13.1 Å². The molecule has 1 heterocycles. The number of hydrogen-bond donors (Lipinski definition) is 1. The first-order chi connectivity index (χ1) is 6.39. The second kappa shape index (κ2) is 5.10. The lowest BCUT2D eigenvalue weighted by Crippen LogP contribution is -2.57. The van der Waals surface area contributed by atoms with Crippen molar-refractivity contribution in [2.45, 2.75) is 40.2 Å². The summed E-state index contributed by atoms with van der Waals surface area (Å²) in [5, 5.41) is 2.26. The highest BCUT2D eigenvalue weighted by atomic mass is 16.2. The first-order valence-electron chi connectivity index (χ1n) is 4.97. The highest BCUT2D eigenvalue weighted by molar-refractivity contribution is 5.99. The van der Waals surface area contributed by atoms with E-state index in [9.17, 15) is 9.59 Å². The van der Waals surface area contributed by atoms with Gasteiger partial charge in [-0.15, -0.1) is 0 Å². The Morgan fingerprint density at radius 2 is 1.43 bits per heavy atom. The summed E-state index contributed by atoms with van der Waals surface area (Å²) in [5.41, 5.74) is -0.118.